The van der Waals surface area contributed by atoms with Gasteiger partial charge in [0.2, 0.25) is 5.79 Å². The van der Waals surface area contributed by atoms with Crippen LogP contribution in [0.2, 0.25) is 0 Å². The number of fused-ring (bicyclic) bond motifs is 2. The Kier molecular flexibility index (Phi) is 18.8. The Balaban J connectivity index is 1.50. The van der Waals surface area contributed by atoms with E-state index in [1.54, 1.807) is 12.2 Å². The molecule has 0 amide bonds. The molecule has 59 heavy (non-hydrogen) atoms. The summed E-state index contributed by atoms with van der Waals surface area (Å²) in [5.74, 6) is -4.04. The van der Waals surface area contributed by atoms with E-state index in [0.717, 1.165) is 50.7 Å². The summed E-state index contributed by atoms with van der Waals surface area (Å²) in [5.41, 5.74) is 0.140. The van der Waals surface area contributed by atoms with E-state index in [0.29, 0.717) is 18.8 Å². The maximum absolute atomic E-state index is 13.3. The molecule has 16 nitrogen and oxygen atoms in total. The predicted octanol–water partition coefficient (Wildman–Crippen LogP) is 3.03. The highest BCUT2D eigenvalue weighted by molar-refractivity contribution is 5.82. The molecular formula is C43H64O16. The number of allylic oxidation sites excluding steroid dienone is 4. The van der Waals surface area contributed by atoms with Crippen LogP contribution in [-0.2, 0) is 50.4 Å². The van der Waals surface area contributed by atoms with Gasteiger partial charge in [-0.15, -0.1) is 0 Å². The lowest BCUT2D eigenvalue weighted by Gasteiger charge is -2.50. The summed E-state index contributed by atoms with van der Waals surface area (Å²) in [6, 6.07) is 2.28. The number of phenols is 2. The van der Waals surface area contributed by atoms with E-state index >= 15 is 0 Å². The van der Waals surface area contributed by atoms with Crippen molar-refractivity contribution < 1.29 is 78.9 Å². The lowest BCUT2D eigenvalue weighted by atomic mass is 9.86. The second-order valence-electron chi connectivity index (χ2n) is 15.7. The van der Waals surface area contributed by atoms with E-state index in [-0.39, 0.29) is 35.8 Å². The molecule has 8 N–H and O–H groups in total. The maximum atomic E-state index is 13.3. The van der Waals surface area contributed by atoms with E-state index in [4.69, 9.17) is 28.4 Å². The number of benzene rings is 1. The number of unbranched alkanes of at least 4 members (excludes halogenated alkanes) is 3. The van der Waals surface area contributed by atoms with Crippen molar-refractivity contribution in [3.63, 3.8) is 0 Å². The molecule has 3 aliphatic heterocycles. The number of esters is 2. The number of aliphatic hydroxyl groups excluding tert-OH is 6. The monoisotopic (exact) mass is 836 g/mol. The average molecular weight is 837 g/mol. The van der Waals surface area contributed by atoms with Crippen molar-refractivity contribution in [2.24, 2.45) is 11.8 Å². The van der Waals surface area contributed by atoms with Crippen LogP contribution in [0.4, 0.5) is 0 Å². The number of hydrogen-bond acceptors (Lipinski definition) is 16. The summed E-state index contributed by atoms with van der Waals surface area (Å²) >= 11 is 0. The van der Waals surface area contributed by atoms with E-state index in [2.05, 4.69) is 26.0 Å². The van der Waals surface area contributed by atoms with Crippen LogP contribution >= 0.6 is 0 Å². The fraction of sp³-hybridized carbons (Fsp3) is 0.674. The average Bonchev–Trinajstić information content (AvgIpc) is 3.58. The molecule has 1 aromatic carbocycles. The van der Waals surface area contributed by atoms with Crippen molar-refractivity contribution in [1.29, 1.82) is 0 Å². The maximum Gasteiger partial charge on any atom is 0.331 e. The number of aliphatic hydroxyl groups is 6. The van der Waals surface area contributed by atoms with Crippen LogP contribution in [0.1, 0.15) is 96.6 Å². The van der Waals surface area contributed by atoms with Crippen LogP contribution in [0.25, 0.3) is 0 Å². The minimum Gasteiger partial charge on any atom is -0.508 e. The number of aromatic hydroxyl groups is 2. The van der Waals surface area contributed by atoms with Gasteiger partial charge in [-0.1, -0.05) is 77.3 Å². The molecule has 332 valence electrons. The molecule has 1 aromatic rings. The molecule has 16 heteroatoms. The Hall–Kier alpha value is -3.42. The molecule has 3 heterocycles. The van der Waals surface area contributed by atoms with Crippen molar-refractivity contribution in [2.45, 2.75) is 159 Å². The third-order valence-corrected chi connectivity index (χ3v) is 11.1. The van der Waals surface area contributed by atoms with Crippen molar-refractivity contribution in [3.05, 3.63) is 59.7 Å². The smallest absolute Gasteiger partial charge is 0.331 e. The van der Waals surface area contributed by atoms with Crippen LogP contribution in [0.5, 0.6) is 11.5 Å². The van der Waals surface area contributed by atoms with Crippen LogP contribution in [-0.4, -0.2) is 127 Å². The highest BCUT2D eigenvalue weighted by Crippen LogP contribution is 2.51. The SMILES string of the molecule is CCCCCC(=O)OC[C@H]1O[C@@H](O[C@H]2[C@H](OC(=O)/C=C/C=C/CC(O)C(C)CCC/C=C/C(C)CC)[C@@H](O)[C@@]3(OCc4cc(O)cc(O)c43)O[C@@H]2CO)[C@H](O)[C@@H](O)[C@H]1O. The molecule has 2 fully saturated rings. The predicted molar refractivity (Wildman–Crippen MR) is 211 cm³/mol. The van der Waals surface area contributed by atoms with E-state index < -0.39 is 97.9 Å². The van der Waals surface area contributed by atoms with Crippen LogP contribution in [0.3, 0.4) is 0 Å². The van der Waals surface area contributed by atoms with Gasteiger partial charge in [0.15, 0.2) is 18.5 Å². The second kappa shape index (κ2) is 23.0. The largest absolute Gasteiger partial charge is 0.508 e. The third kappa shape index (κ3) is 12.6. The highest BCUT2D eigenvalue weighted by atomic mass is 16.8. The second-order valence-corrected chi connectivity index (χ2v) is 15.7. The Bertz CT molecular complexity index is 1580. The molecule has 0 aliphatic carbocycles. The van der Waals surface area contributed by atoms with E-state index in [9.17, 15) is 50.4 Å². The highest BCUT2D eigenvalue weighted by Gasteiger charge is 2.63. The molecule has 4 rings (SSSR count). The quantitative estimate of drug-likeness (QED) is 0.0291. The van der Waals surface area contributed by atoms with Gasteiger partial charge in [0, 0.05) is 18.6 Å². The molecule has 0 radical (unpaired) electrons. The molecule has 0 aromatic heterocycles. The zero-order valence-corrected chi connectivity index (χ0v) is 34.4. The fourth-order valence-corrected chi connectivity index (χ4v) is 7.31. The first-order chi connectivity index (χ1) is 28.2. The zero-order valence-electron chi connectivity index (χ0n) is 34.4. The molecule has 3 unspecified atom stereocenters. The number of hydrogen-bond donors (Lipinski definition) is 8. The Morgan fingerprint density at radius 1 is 0.966 bits per heavy atom. The molecule has 13 atom stereocenters. The first kappa shape index (κ1) is 48.2. The summed E-state index contributed by atoms with van der Waals surface area (Å²) in [7, 11) is 0. The number of phenolic OH excluding ortho intramolecular Hbond substituents is 2. The lowest BCUT2D eigenvalue weighted by molar-refractivity contribution is -0.395. The van der Waals surface area contributed by atoms with Crippen LogP contribution in [0, 0.1) is 11.8 Å². The van der Waals surface area contributed by atoms with Crippen molar-refractivity contribution in [3.8, 4) is 11.5 Å². The topological polar surface area (TPSA) is 251 Å². The third-order valence-electron chi connectivity index (χ3n) is 11.1. The summed E-state index contributed by atoms with van der Waals surface area (Å²) in [6.07, 6.45) is 0.368. The minimum atomic E-state index is -2.25. The molecule has 0 saturated carbocycles. The molecule has 3 aliphatic rings. The zero-order chi connectivity index (χ0) is 43.3. The van der Waals surface area contributed by atoms with Crippen LogP contribution in [0.15, 0.2) is 48.6 Å². The first-order valence-electron chi connectivity index (χ1n) is 20.7. The van der Waals surface area contributed by atoms with Gasteiger partial charge in [0.05, 0.1) is 24.9 Å². The van der Waals surface area contributed by atoms with E-state index in [1.807, 2.05) is 13.8 Å². The number of ether oxygens (including phenoxy) is 6. The van der Waals surface area contributed by atoms with Gasteiger partial charge in [0.1, 0.15) is 54.7 Å². The molecule has 1 spiro atoms. The normalized spacial score (nSPS) is 31.2. The fourth-order valence-electron chi connectivity index (χ4n) is 7.31. The molecule has 0 bridgehead atoms. The van der Waals surface area contributed by atoms with Crippen LogP contribution < -0.4 is 0 Å². The van der Waals surface area contributed by atoms with Gasteiger partial charge in [0.25, 0.3) is 0 Å². The van der Waals surface area contributed by atoms with Gasteiger partial charge in [-0.05, 0) is 55.6 Å². The van der Waals surface area contributed by atoms with Gasteiger partial charge in [-0.3, -0.25) is 4.79 Å². The Labute approximate surface area is 345 Å². The number of rotatable bonds is 21. The molecular weight excluding hydrogens is 772 g/mol. The van der Waals surface area contributed by atoms with Gasteiger partial charge < -0.3 is 69.3 Å². The summed E-state index contributed by atoms with van der Waals surface area (Å²) in [4.78, 5) is 25.6. The Morgan fingerprint density at radius 3 is 2.44 bits per heavy atom. The van der Waals surface area contributed by atoms with E-state index in [1.165, 1.54) is 12.1 Å². The summed E-state index contributed by atoms with van der Waals surface area (Å²) < 4.78 is 34.7. The number of carbonyl (C=O) groups is 2. The van der Waals surface area contributed by atoms with Gasteiger partial charge in [-0.2, -0.15) is 0 Å². The van der Waals surface area contributed by atoms with Gasteiger partial charge >= 0.3 is 11.9 Å². The minimum absolute atomic E-state index is 0.0487. The summed E-state index contributed by atoms with van der Waals surface area (Å²) in [6.45, 7) is 6.64. The van der Waals surface area contributed by atoms with Gasteiger partial charge in [-0.25, -0.2) is 4.79 Å². The summed E-state index contributed by atoms with van der Waals surface area (Å²) in [5, 5.41) is 86.5. The number of carbonyl (C=O) groups excluding carboxylic acids is 2. The van der Waals surface area contributed by atoms with Crippen molar-refractivity contribution in [1.82, 2.24) is 0 Å². The standard InChI is InChI=1S/C43H64O16/c1-5-7-10-18-33(48)54-24-32-36(50)37(51)38(52)42(56-32)58-39-31(22-44)59-43(35-27(23-55-43)20-28(45)21-30(35)47)41(53)40(39)57-34(49)19-14-9-13-17-29(46)26(4)16-12-8-11-15-25(3)6-2/h9,11,13-15,19-21,25-26,29,31-32,36-42,44-47,50-53H,5-8,10,12,16-18,22-24H2,1-4H3/b13-9+,15-11+,19-14+/t25?,26?,29?,31-,32-,36+,37+,38-,39-,40+,41-,42+,43+/m1/s1. The molecule has 2 saturated heterocycles. The van der Waals surface area contributed by atoms with Crippen molar-refractivity contribution in [2.75, 3.05) is 13.2 Å². The lowest BCUT2D eigenvalue weighted by Crippen LogP contribution is -2.67. The first-order valence-corrected chi connectivity index (χ1v) is 20.7. The Morgan fingerprint density at radius 2 is 1.73 bits per heavy atom. The van der Waals surface area contributed by atoms with Crippen molar-refractivity contribution >= 4 is 11.9 Å².